The minimum absolute atomic E-state index is 0.0225. The van der Waals surface area contributed by atoms with Gasteiger partial charge in [0.15, 0.2) is 0 Å². The van der Waals surface area contributed by atoms with E-state index in [1.54, 1.807) is 7.11 Å². The molecule has 18 heavy (non-hydrogen) atoms. The zero-order chi connectivity index (χ0) is 13.2. The van der Waals surface area contributed by atoms with Crippen LogP contribution < -0.4 is 5.32 Å². The Bertz CT molecular complexity index is 407. The third kappa shape index (κ3) is 2.60. The largest absolute Gasteiger partial charge is 0.379 e. The molecule has 0 atom stereocenters. The molecule has 0 unspecified atom stereocenters. The topological polar surface area (TPSA) is 21.3 Å². The summed E-state index contributed by atoms with van der Waals surface area (Å²) in [6.45, 7) is 8.75. The highest BCUT2D eigenvalue weighted by atomic mass is 16.5. The van der Waals surface area contributed by atoms with E-state index in [4.69, 9.17) is 4.74 Å². The average molecular weight is 247 g/mol. The number of hydrogen-bond acceptors (Lipinski definition) is 2. The van der Waals surface area contributed by atoms with Crippen LogP contribution in [0.25, 0.3) is 0 Å². The van der Waals surface area contributed by atoms with Crippen LogP contribution in [0.15, 0.2) is 24.3 Å². The van der Waals surface area contributed by atoms with Gasteiger partial charge in [-0.25, -0.2) is 0 Å². The van der Waals surface area contributed by atoms with Crippen LogP contribution in [0.3, 0.4) is 0 Å². The fourth-order valence-corrected chi connectivity index (χ4v) is 2.74. The molecule has 0 aromatic heterocycles. The van der Waals surface area contributed by atoms with Gasteiger partial charge in [-0.2, -0.15) is 0 Å². The summed E-state index contributed by atoms with van der Waals surface area (Å²) in [7, 11) is 1.81. The van der Waals surface area contributed by atoms with Gasteiger partial charge in [-0.3, -0.25) is 0 Å². The normalized spacial score (nSPS) is 18.4. The van der Waals surface area contributed by atoms with Gasteiger partial charge in [-0.05, 0) is 44.7 Å². The number of benzene rings is 1. The second-order valence-corrected chi connectivity index (χ2v) is 6.16. The van der Waals surface area contributed by atoms with Crippen molar-refractivity contribution >= 4 is 0 Å². The van der Waals surface area contributed by atoms with Gasteiger partial charge < -0.3 is 10.1 Å². The molecule has 1 heterocycles. The second kappa shape index (κ2) is 5.02. The van der Waals surface area contributed by atoms with E-state index in [0.29, 0.717) is 5.41 Å². The van der Waals surface area contributed by atoms with Gasteiger partial charge in [0, 0.05) is 25.6 Å². The Kier molecular flexibility index (Phi) is 3.79. The molecular weight excluding hydrogens is 222 g/mol. The summed E-state index contributed by atoms with van der Waals surface area (Å²) in [4.78, 5) is 0. The standard InChI is InChI=1S/C16H25NO/c1-13-7-5-6-8-14(13)16(11-17-12-16)10-9-15(2,3)18-4/h5-8,17H,9-12H2,1-4H3. The first-order valence-corrected chi connectivity index (χ1v) is 6.81. The summed E-state index contributed by atoms with van der Waals surface area (Å²) in [6, 6.07) is 8.79. The summed E-state index contributed by atoms with van der Waals surface area (Å²) in [6.07, 6.45) is 2.28. The Balaban J connectivity index is 2.15. The predicted octanol–water partition coefficient (Wildman–Crippen LogP) is 3.04. The van der Waals surface area contributed by atoms with Crippen molar-refractivity contribution in [2.45, 2.75) is 44.6 Å². The molecule has 1 aromatic rings. The summed E-state index contributed by atoms with van der Waals surface area (Å²) >= 11 is 0. The third-order valence-electron chi connectivity index (χ3n) is 4.40. The Labute approximate surface area is 111 Å². The molecule has 1 aliphatic heterocycles. The highest BCUT2D eigenvalue weighted by molar-refractivity contribution is 5.36. The fraction of sp³-hybridized carbons (Fsp3) is 0.625. The highest BCUT2D eigenvalue weighted by Crippen LogP contribution is 2.37. The summed E-state index contributed by atoms with van der Waals surface area (Å²) in [5, 5.41) is 3.44. The van der Waals surface area contributed by atoms with E-state index in [9.17, 15) is 0 Å². The van der Waals surface area contributed by atoms with E-state index < -0.39 is 0 Å². The first-order valence-electron chi connectivity index (χ1n) is 6.81. The lowest BCUT2D eigenvalue weighted by molar-refractivity contribution is 0.00562. The average Bonchev–Trinajstić information content (AvgIpc) is 2.30. The molecule has 0 spiro atoms. The van der Waals surface area contributed by atoms with Crippen molar-refractivity contribution in [3.8, 4) is 0 Å². The van der Waals surface area contributed by atoms with Crippen LogP contribution >= 0.6 is 0 Å². The Morgan fingerprint density at radius 2 is 1.94 bits per heavy atom. The van der Waals surface area contributed by atoms with Gasteiger partial charge in [-0.1, -0.05) is 24.3 Å². The van der Waals surface area contributed by atoms with E-state index in [1.807, 2.05) is 0 Å². The maximum atomic E-state index is 5.55. The van der Waals surface area contributed by atoms with E-state index in [0.717, 1.165) is 19.5 Å². The molecule has 1 fully saturated rings. The van der Waals surface area contributed by atoms with Crippen LogP contribution in [0.2, 0.25) is 0 Å². The van der Waals surface area contributed by atoms with Crippen molar-refractivity contribution in [2.75, 3.05) is 20.2 Å². The van der Waals surface area contributed by atoms with Crippen molar-refractivity contribution < 1.29 is 4.74 Å². The summed E-state index contributed by atoms with van der Waals surface area (Å²) in [5.41, 5.74) is 3.22. The third-order valence-corrected chi connectivity index (χ3v) is 4.40. The van der Waals surface area contributed by atoms with E-state index in [2.05, 4.69) is 50.4 Å². The zero-order valence-electron chi connectivity index (χ0n) is 12.0. The van der Waals surface area contributed by atoms with Gasteiger partial charge in [0.05, 0.1) is 5.60 Å². The zero-order valence-corrected chi connectivity index (χ0v) is 12.0. The lowest BCUT2D eigenvalue weighted by atomic mass is 9.69. The molecule has 1 N–H and O–H groups in total. The first kappa shape index (κ1) is 13.6. The van der Waals surface area contributed by atoms with Crippen molar-refractivity contribution in [1.82, 2.24) is 5.32 Å². The molecule has 0 saturated carbocycles. The SMILES string of the molecule is COC(C)(C)CCC1(c2ccccc2C)CNC1. The number of rotatable bonds is 5. The minimum Gasteiger partial charge on any atom is -0.379 e. The van der Waals surface area contributed by atoms with Crippen LogP contribution in [-0.4, -0.2) is 25.8 Å². The minimum atomic E-state index is -0.0225. The molecule has 2 heteroatoms. The maximum absolute atomic E-state index is 5.55. The van der Waals surface area contributed by atoms with Gasteiger partial charge in [0.25, 0.3) is 0 Å². The molecular formula is C16H25NO. The van der Waals surface area contributed by atoms with Gasteiger partial charge >= 0.3 is 0 Å². The number of nitrogens with one attached hydrogen (secondary N) is 1. The predicted molar refractivity (Wildman–Crippen MR) is 76.0 cm³/mol. The van der Waals surface area contributed by atoms with Gasteiger partial charge in [-0.15, -0.1) is 0 Å². The molecule has 2 nitrogen and oxygen atoms in total. The van der Waals surface area contributed by atoms with E-state index in [1.165, 1.54) is 17.5 Å². The van der Waals surface area contributed by atoms with Crippen molar-refractivity contribution in [2.24, 2.45) is 0 Å². The van der Waals surface area contributed by atoms with E-state index in [-0.39, 0.29) is 5.60 Å². The van der Waals surface area contributed by atoms with Crippen molar-refractivity contribution in [3.05, 3.63) is 35.4 Å². The van der Waals surface area contributed by atoms with Crippen LogP contribution in [0.4, 0.5) is 0 Å². The van der Waals surface area contributed by atoms with Crippen molar-refractivity contribution in [1.29, 1.82) is 0 Å². The number of methoxy groups -OCH3 is 1. The quantitative estimate of drug-likeness (QED) is 0.863. The number of aryl methyl sites for hydroxylation is 1. The van der Waals surface area contributed by atoms with E-state index >= 15 is 0 Å². The van der Waals surface area contributed by atoms with Crippen LogP contribution in [0.1, 0.15) is 37.8 Å². The van der Waals surface area contributed by atoms with Crippen LogP contribution in [-0.2, 0) is 10.2 Å². The van der Waals surface area contributed by atoms with Crippen molar-refractivity contribution in [3.63, 3.8) is 0 Å². The molecule has 1 aliphatic rings. The van der Waals surface area contributed by atoms with Gasteiger partial charge in [0.1, 0.15) is 0 Å². The van der Waals surface area contributed by atoms with Crippen LogP contribution in [0.5, 0.6) is 0 Å². The molecule has 0 bridgehead atoms. The Morgan fingerprint density at radius 3 is 2.44 bits per heavy atom. The highest BCUT2D eigenvalue weighted by Gasteiger charge is 2.40. The fourth-order valence-electron chi connectivity index (χ4n) is 2.74. The summed E-state index contributed by atoms with van der Waals surface area (Å²) in [5.74, 6) is 0. The monoisotopic (exact) mass is 247 g/mol. The smallest absolute Gasteiger partial charge is 0.0623 e. The number of hydrogen-bond donors (Lipinski definition) is 1. The molecule has 1 aromatic carbocycles. The Morgan fingerprint density at radius 1 is 1.28 bits per heavy atom. The number of ether oxygens (including phenoxy) is 1. The lowest BCUT2D eigenvalue weighted by Gasteiger charge is -2.45. The Hall–Kier alpha value is -0.860. The molecule has 1 saturated heterocycles. The first-order chi connectivity index (χ1) is 8.49. The lowest BCUT2D eigenvalue weighted by Crippen LogP contribution is -2.57. The van der Waals surface area contributed by atoms with Gasteiger partial charge in [0.2, 0.25) is 0 Å². The molecule has 0 amide bonds. The molecule has 0 aliphatic carbocycles. The molecule has 100 valence electrons. The van der Waals surface area contributed by atoms with Crippen LogP contribution in [0, 0.1) is 6.92 Å². The molecule has 0 radical (unpaired) electrons. The summed E-state index contributed by atoms with van der Waals surface area (Å²) < 4.78 is 5.55. The second-order valence-electron chi connectivity index (χ2n) is 6.16. The molecule has 2 rings (SSSR count). The maximum Gasteiger partial charge on any atom is 0.0623 e.